The molecule has 1 N–H and O–H groups in total. The highest BCUT2D eigenvalue weighted by Crippen LogP contribution is 2.36. The summed E-state index contributed by atoms with van der Waals surface area (Å²) < 4.78 is 6.03. The second kappa shape index (κ2) is 6.35. The van der Waals surface area contributed by atoms with E-state index >= 15 is 0 Å². The lowest BCUT2D eigenvalue weighted by molar-refractivity contribution is -0.0815. The molecule has 1 aromatic rings. The van der Waals surface area contributed by atoms with E-state index in [0.717, 1.165) is 19.7 Å². The first-order valence-corrected chi connectivity index (χ1v) is 7.95. The lowest BCUT2D eigenvalue weighted by atomic mass is 9.96. The van der Waals surface area contributed by atoms with Gasteiger partial charge in [0.15, 0.2) is 0 Å². The highest BCUT2D eigenvalue weighted by Gasteiger charge is 2.35. The Morgan fingerprint density at radius 1 is 1.47 bits per heavy atom. The number of likely N-dealkylation sites (N-methyl/N-ethyl adjacent to an activating group) is 1. The van der Waals surface area contributed by atoms with Gasteiger partial charge >= 0.3 is 0 Å². The molecule has 0 saturated carbocycles. The maximum atomic E-state index is 6.03. The number of rotatable bonds is 4. The molecule has 0 aromatic carbocycles. The predicted octanol–water partition coefficient (Wildman–Crippen LogP) is 2.73. The van der Waals surface area contributed by atoms with Gasteiger partial charge in [-0.3, -0.25) is 4.90 Å². The van der Waals surface area contributed by atoms with E-state index in [0.29, 0.717) is 12.1 Å². The number of aryl methyl sites for hydroxylation is 2. The molecule has 0 spiro atoms. The number of nitrogens with one attached hydrogen (secondary N) is 1. The Hall–Kier alpha value is -0.420. The Balaban J connectivity index is 2.34. The summed E-state index contributed by atoms with van der Waals surface area (Å²) in [4.78, 5) is 5.41. The molecule has 1 aromatic heterocycles. The minimum atomic E-state index is 0.244. The molecule has 4 heteroatoms. The Bertz CT molecular complexity index is 414. The van der Waals surface area contributed by atoms with Crippen LogP contribution in [0, 0.1) is 13.8 Å². The number of morpholine rings is 1. The van der Waals surface area contributed by atoms with E-state index in [1.807, 2.05) is 18.4 Å². The topological polar surface area (TPSA) is 24.5 Å². The monoisotopic (exact) mass is 282 g/mol. The minimum Gasteiger partial charge on any atom is -0.374 e. The van der Waals surface area contributed by atoms with Gasteiger partial charge in [0.2, 0.25) is 0 Å². The van der Waals surface area contributed by atoms with Gasteiger partial charge in [-0.1, -0.05) is 0 Å². The molecule has 1 aliphatic rings. The first-order valence-electron chi connectivity index (χ1n) is 7.13. The second-order valence-corrected chi connectivity index (χ2v) is 7.07. The van der Waals surface area contributed by atoms with Crippen LogP contribution in [0.2, 0.25) is 0 Å². The van der Waals surface area contributed by atoms with Crippen molar-refractivity contribution in [1.82, 2.24) is 10.2 Å². The summed E-state index contributed by atoms with van der Waals surface area (Å²) in [6.07, 6.45) is 0.244. The lowest BCUT2D eigenvalue weighted by Crippen LogP contribution is -2.51. The van der Waals surface area contributed by atoms with Crippen molar-refractivity contribution in [2.45, 2.75) is 45.9 Å². The number of hydrogen-bond donors (Lipinski definition) is 1. The number of ether oxygens (including phenoxy) is 1. The molecule has 0 amide bonds. The standard InChI is InChI=1S/C15H26N2OS/c1-10(2)17-6-7-18-14(9-16-5)15(17)13-8-11(3)19-12(13)4/h8,10,14-16H,6-7,9H2,1-5H3. The largest absolute Gasteiger partial charge is 0.374 e. The molecule has 2 heterocycles. The second-order valence-electron chi connectivity index (χ2n) is 5.61. The molecule has 1 aliphatic heterocycles. The summed E-state index contributed by atoms with van der Waals surface area (Å²) in [5.74, 6) is 0. The molecule has 2 unspecified atom stereocenters. The molecular formula is C15H26N2OS. The van der Waals surface area contributed by atoms with Gasteiger partial charge in [-0.05, 0) is 46.4 Å². The van der Waals surface area contributed by atoms with Gasteiger partial charge in [-0.15, -0.1) is 11.3 Å². The maximum Gasteiger partial charge on any atom is 0.0896 e. The van der Waals surface area contributed by atoms with Crippen LogP contribution in [-0.4, -0.2) is 43.8 Å². The number of nitrogens with zero attached hydrogens (tertiary/aromatic N) is 1. The lowest BCUT2D eigenvalue weighted by Gasteiger charge is -2.43. The molecule has 0 radical (unpaired) electrons. The van der Waals surface area contributed by atoms with Crippen molar-refractivity contribution in [2.24, 2.45) is 0 Å². The number of thiophene rings is 1. The average Bonchev–Trinajstić information content (AvgIpc) is 2.68. The van der Waals surface area contributed by atoms with Gasteiger partial charge in [-0.2, -0.15) is 0 Å². The molecule has 0 bridgehead atoms. The molecule has 0 aliphatic carbocycles. The normalized spacial score (nSPS) is 25.2. The van der Waals surface area contributed by atoms with Crippen LogP contribution in [0.15, 0.2) is 6.07 Å². The van der Waals surface area contributed by atoms with Gasteiger partial charge in [-0.25, -0.2) is 0 Å². The van der Waals surface area contributed by atoms with Crippen LogP contribution in [0.1, 0.15) is 35.2 Å². The summed E-state index contributed by atoms with van der Waals surface area (Å²) in [5.41, 5.74) is 1.45. The molecule has 1 saturated heterocycles. The van der Waals surface area contributed by atoms with Crippen LogP contribution in [-0.2, 0) is 4.74 Å². The molecular weight excluding hydrogens is 256 g/mol. The van der Waals surface area contributed by atoms with Crippen molar-refractivity contribution < 1.29 is 4.74 Å². The van der Waals surface area contributed by atoms with Crippen LogP contribution >= 0.6 is 11.3 Å². The van der Waals surface area contributed by atoms with E-state index < -0.39 is 0 Å². The average molecular weight is 282 g/mol. The molecule has 1 fully saturated rings. The van der Waals surface area contributed by atoms with Crippen molar-refractivity contribution >= 4 is 11.3 Å². The quantitative estimate of drug-likeness (QED) is 0.919. The first-order chi connectivity index (χ1) is 9.04. The fourth-order valence-corrected chi connectivity index (χ4v) is 3.99. The molecule has 108 valence electrons. The van der Waals surface area contributed by atoms with Crippen molar-refractivity contribution in [3.05, 3.63) is 21.4 Å². The highest BCUT2D eigenvalue weighted by atomic mass is 32.1. The van der Waals surface area contributed by atoms with Crippen LogP contribution in [0.25, 0.3) is 0 Å². The molecule has 2 atom stereocenters. The predicted molar refractivity (Wildman–Crippen MR) is 82.0 cm³/mol. The summed E-state index contributed by atoms with van der Waals surface area (Å²) in [6, 6.07) is 3.27. The van der Waals surface area contributed by atoms with Crippen LogP contribution in [0.5, 0.6) is 0 Å². The van der Waals surface area contributed by atoms with Gasteiger partial charge in [0.1, 0.15) is 0 Å². The Morgan fingerprint density at radius 2 is 2.21 bits per heavy atom. The summed E-state index contributed by atoms with van der Waals surface area (Å²) in [5, 5.41) is 3.27. The number of hydrogen-bond acceptors (Lipinski definition) is 4. The first kappa shape index (κ1) is 15.0. The summed E-state index contributed by atoms with van der Waals surface area (Å²) in [6.45, 7) is 11.8. The smallest absolute Gasteiger partial charge is 0.0896 e. The fourth-order valence-electron chi connectivity index (χ4n) is 3.03. The zero-order valence-corrected chi connectivity index (χ0v) is 13.5. The van der Waals surface area contributed by atoms with E-state index in [-0.39, 0.29) is 6.10 Å². The minimum absolute atomic E-state index is 0.244. The zero-order chi connectivity index (χ0) is 14.0. The van der Waals surface area contributed by atoms with Crippen molar-refractivity contribution in [3.63, 3.8) is 0 Å². The van der Waals surface area contributed by atoms with Crippen molar-refractivity contribution in [2.75, 3.05) is 26.7 Å². The fraction of sp³-hybridized carbons (Fsp3) is 0.733. The van der Waals surface area contributed by atoms with Gasteiger partial charge in [0.05, 0.1) is 18.8 Å². The maximum absolute atomic E-state index is 6.03. The van der Waals surface area contributed by atoms with E-state index in [9.17, 15) is 0 Å². The molecule has 3 nitrogen and oxygen atoms in total. The third-order valence-corrected chi connectivity index (χ3v) is 4.84. The molecule has 19 heavy (non-hydrogen) atoms. The summed E-state index contributed by atoms with van der Waals surface area (Å²) >= 11 is 1.89. The highest BCUT2D eigenvalue weighted by molar-refractivity contribution is 7.12. The van der Waals surface area contributed by atoms with Crippen molar-refractivity contribution in [1.29, 1.82) is 0 Å². The van der Waals surface area contributed by atoms with Gasteiger partial charge < -0.3 is 10.1 Å². The van der Waals surface area contributed by atoms with E-state index in [1.165, 1.54) is 15.3 Å². The van der Waals surface area contributed by atoms with Gasteiger partial charge in [0.25, 0.3) is 0 Å². The summed E-state index contributed by atoms with van der Waals surface area (Å²) in [7, 11) is 2.00. The van der Waals surface area contributed by atoms with E-state index in [2.05, 4.69) is 44.0 Å². The Kier molecular flexibility index (Phi) is 5.01. The third-order valence-electron chi connectivity index (χ3n) is 3.86. The third kappa shape index (κ3) is 3.19. The van der Waals surface area contributed by atoms with Crippen molar-refractivity contribution in [3.8, 4) is 0 Å². The van der Waals surface area contributed by atoms with Gasteiger partial charge in [0, 0.05) is 28.9 Å². The van der Waals surface area contributed by atoms with E-state index in [4.69, 9.17) is 4.74 Å². The Labute approximate surface area is 121 Å². The Morgan fingerprint density at radius 3 is 2.74 bits per heavy atom. The van der Waals surface area contributed by atoms with Crippen LogP contribution in [0.4, 0.5) is 0 Å². The SMILES string of the molecule is CNCC1OCCN(C(C)C)C1c1cc(C)sc1C. The zero-order valence-electron chi connectivity index (χ0n) is 12.7. The molecule has 2 rings (SSSR count). The van der Waals surface area contributed by atoms with E-state index in [1.54, 1.807) is 0 Å². The van der Waals surface area contributed by atoms with Crippen LogP contribution < -0.4 is 5.32 Å². The van der Waals surface area contributed by atoms with Crippen LogP contribution in [0.3, 0.4) is 0 Å².